The van der Waals surface area contributed by atoms with Gasteiger partial charge in [-0.3, -0.25) is 4.80 Å². The first kappa shape index (κ1) is 13.4. The molecule has 0 radical (unpaired) electrons. The molecular formula is C22H15O+. The van der Waals surface area contributed by atoms with Gasteiger partial charge in [-0.15, -0.1) is 0 Å². The van der Waals surface area contributed by atoms with Gasteiger partial charge in [0, 0.05) is 29.7 Å². The van der Waals surface area contributed by atoms with E-state index in [0.717, 1.165) is 28.7 Å². The number of ketones is 1. The van der Waals surface area contributed by atoms with Crippen molar-refractivity contribution in [1.82, 2.24) is 0 Å². The molecule has 0 fully saturated rings. The van der Waals surface area contributed by atoms with E-state index in [2.05, 4.69) is 23.7 Å². The molecular weight excluding hydrogens is 280 g/mol. The molecule has 0 saturated heterocycles. The van der Waals surface area contributed by atoms with Crippen LogP contribution in [-0.2, 0) is 0 Å². The summed E-state index contributed by atoms with van der Waals surface area (Å²) in [7, 11) is 0. The molecule has 1 aromatic rings. The van der Waals surface area contributed by atoms with Gasteiger partial charge in [-0.25, -0.2) is 0 Å². The second-order valence-electron chi connectivity index (χ2n) is 5.15. The molecule has 3 rings (SSSR count). The minimum Gasteiger partial charge on any atom is -0.274 e. The van der Waals surface area contributed by atoms with Crippen LogP contribution in [0.1, 0.15) is 19.0 Å². The quantitative estimate of drug-likeness (QED) is 0.510. The normalized spacial score (nSPS) is 20.9. The summed E-state index contributed by atoms with van der Waals surface area (Å²) < 4.78 is 7.24. The average Bonchev–Trinajstić information content (AvgIpc) is 2.84. The molecule has 0 aliphatic heterocycles. The molecule has 23 heavy (non-hydrogen) atoms. The SMILES string of the molecule is [2H][O+]=C1/C=C/C2=CC=CC=C(C#CC#Cc3ccccc3/C=C/1)C2. The van der Waals surface area contributed by atoms with Gasteiger partial charge in [-0.1, -0.05) is 54.3 Å². The summed E-state index contributed by atoms with van der Waals surface area (Å²) in [5.41, 5.74) is 3.95. The molecule has 0 spiro atoms. The molecule has 1 aromatic carbocycles. The highest BCUT2D eigenvalue weighted by molar-refractivity contribution is 6.03. The number of benzene rings is 1. The molecule has 1 heteroatoms. The van der Waals surface area contributed by atoms with Gasteiger partial charge >= 0.3 is 7.21 Å². The van der Waals surface area contributed by atoms with Crippen LogP contribution >= 0.6 is 0 Å². The van der Waals surface area contributed by atoms with E-state index in [9.17, 15) is 0 Å². The van der Waals surface area contributed by atoms with E-state index in [0.29, 0.717) is 5.78 Å². The highest BCUT2D eigenvalue weighted by atomic mass is 16.1. The van der Waals surface area contributed by atoms with Crippen LogP contribution in [0, 0.1) is 23.7 Å². The number of hydrogen-bond donors (Lipinski definition) is 0. The van der Waals surface area contributed by atoms with Crippen LogP contribution in [0.4, 0.5) is 0 Å². The lowest BCUT2D eigenvalue weighted by molar-refractivity contribution is 0.684. The molecule has 108 valence electrons. The van der Waals surface area contributed by atoms with E-state index in [1.807, 2.05) is 60.7 Å². The van der Waals surface area contributed by atoms with Crippen LogP contribution in [0.5, 0.6) is 0 Å². The summed E-state index contributed by atoms with van der Waals surface area (Å²) in [4.78, 5) is 4.70. The van der Waals surface area contributed by atoms with Crippen LogP contribution in [0.2, 0.25) is 0 Å². The summed E-state index contributed by atoms with van der Waals surface area (Å²) in [6.07, 6.45) is 16.1. The summed E-state index contributed by atoms with van der Waals surface area (Å²) >= 11 is 0. The Bertz CT molecular complexity index is 945. The lowest BCUT2D eigenvalue weighted by Gasteiger charge is -1.99. The third kappa shape index (κ3) is 4.10. The van der Waals surface area contributed by atoms with Gasteiger partial charge in [0.1, 0.15) is 0 Å². The lowest BCUT2D eigenvalue weighted by Crippen LogP contribution is -1.90. The Hall–Kier alpha value is -3.29. The van der Waals surface area contributed by atoms with Crippen molar-refractivity contribution in [2.45, 2.75) is 6.42 Å². The fourth-order valence-corrected chi connectivity index (χ4v) is 2.27. The standard InChI is InChI=1S/C22H14O/c23-22-15-13-19-9-2-1-7-18(17-19)8-3-4-10-20-11-5-6-12-21(20)14-16-22/h1-2,5-7,9,11-16H,17H2/p+1/b15-13+,16-14+/i/hD. The molecule has 0 atom stereocenters. The fourth-order valence-electron chi connectivity index (χ4n) is 2.27. The highest BCUT2D eigenvalue weighted by Gasteiger charge is 2.03. The number of rotatable bonds is 0. The monoisotopic (exact) mass is 296 g/mol. The first-order valence-corrected chi connectivity index (χ1v) is 7.39. The van der Waals surface area contributed by atoms with Gasteiger partial charge in [0.2, 0.25) is 0 Å². The summed E-state index contributed by atoms with van der Waals surface area (Å²) in [5.74, 6) is 12.5. The van der Waals surface area contributed by atoms with Crippen molar-refractivity contribution in [3.05, 3.63) is 89.1 Å². The summed E-state index contributed by atoms with van der Waals surface area (Å²) in [6, 6.07) is 7.82. The Labute approximate surface area is 137 Å². The predicted octanol–water partition coefficient (Wildman–Crippen LogP) is 3.98. The molecule has 1 nitrogen and oxygen atoms in total. The highest BCUT2D eigenvalue weighted by Crippen LogP contribution is 2.16. The van der Waals surface area contributed by atoms with Crippen LogP contribution in [0.25, 0.3) is 6.08 Å². The second kappa shape index (κ2) is 7.12. The molecule has 0 amide bonds. The van der Waals surface area contributed by atoms with Gasteiger partial charge in [0.25, 0.3) is 0 Å². The average molecular weight is 296 g/mol. The lowest BCUT2D eigenvalue weighted by atomic mass is 10.0. The predicted molar refractivity (Wildman–Crippen MR) is 96.1 cm³/mol. The minimum atomic E-state index is 0.459. The molecule has 2 aliphatic rings. The maximum atomic E-state index is 7.24. The molecule has 0 aromatic heterocycles. The van der Waals surface area contributed by atoms with Crippen LogP contribution in [0.15, 0.2) is 77.9 Å². The summed E-state index contributed by atoms with van der Waals surface area (Å²) in [5, 5.41) is 0. The van der Waals surface area contributed by atoms with Crippen molar-refractivity contribution >= 4 is 11.9 Å². The van der Waals surface area contributed by atoms with E-state index in [4.69, 9.17) is 6.23 Å². The number of allylic oxidation sites excluding steroid dienone is 9. The van der Waals surface area contributed by atoms with E-state index in [1.165, 1.54) is 0 Å². The minimum absolute atomic E-state index is 0.459. The Balaban J connectivity index is 2.09. The van der Waals surface area contributed by atoms with E-state index >= 15 is 0 Å². The molecule has 2 bridgehead atoms. The molecule has 2 aliphatic carbocycles. The van der Waals surface area contributed by atoms with Crippen molar-refractivity contribution in [2.75, 3.05) is 0 Å². The van der Waals surface area contributed by atoms with E-state index in [1.54, 1.807) is 12.2 Å². The van der Waals surface area contributed by atoms with Crippen LogP contribution in [-0.4, -0.2) is 10.6 Å². The molecule has 0 saturated carbocycles. The van der Waals surface area contributed by atoms with Gasteiger partial charge in [-0.2, -0.15) is 0 Å². The third-order valence-corrected chi connectivity index (χ3v) is 3.45. The van der Waals surface area contributed by atoms with Crippen molar-refractivity contribution in [1.29, 1.82) is 0 Å². The van der Waals surface area contributed by atoms with Crippen molar-refractivity contribution < 1.29 is 6.23 Å². The Morgan fingerprint density at radius 3 is 2.70 bits per heavy atom. The Morgan fingerprint density at radius 2 is 1.74 bits per heavy atom. The first-order valence-electron chi connectivity index (χ1n) is 7.80. The van der Waals surface area contributed by atoms with Crippen LogP contribution in [0.3, 0.4) is 0 Å². The maximum absolute atomic E-state index is 7.24. The smallest absolute Gasteiger partial charge is 0.274 e. The zero-order chi connectivity index (χ0) is 16.6. The van der Waals surface area contributed by atoms with E-state index in [-0.39, 0.29) is 0 Å². The first-order chi connectivity index (χ1) is 11.8. The maximum Gasteiger partial charge on any atom is 0.686 e. The largest absolute Gasteiger partial charge is 0.686 e. The van der Waals surface area contributed by atoms with E-state index < -0.39 is 0 Å². The molecule has 0 heterocycles. The van der Waals surface area contributed by atoms with Crippen LogP contribution < -0.4 is 0 Å². The Morgan fingerprint density at radius 1 is 0.913 bits per heavy atom. The number of carbonyl (C=O) groups excluding carboxylic acids is 1. The third-order valence-electron chi connectivity index (χ3n) is 3.45. The number of fused-ring (bicyclic) bond motifs is 3. The fraction of sp³-hybridized carbons (Fsp3) is 0.0455. The zero-order valence-electron chi connectivity index (χ0n) is 13.5. The zero-order valence-corrected chi connectivity index (χ0v) is 12.5. The van der Waals surface area contributed by atoms with Crippen molar-refractivity contribution in [3.8, 4) is 23.7 Å². The van der Waals surface area contributed by atoms with Crippen molar-refractivity contribution in [3.63, 3.8) is 0 Å². The van der Waals surface area contributed by atoms with Gasteiger partial charge in [0.15, 0.2) is 0 Å². The number of hydrogen-bond acceptors (Lipinski definition) is 0. The van der Waals surface area contributed by atoms with Crippen molar-refractivity contribution in [2.24, 2.45) is 0 Å². The van der Waals surface area contributed by atoms with Gasteiger partial charge in [0.05, 0.1) is 0 Å². The second-order valence-corrected chi connectivity index (χ2v) is 5.15. The molecule has 1 N–H and O–H groups in total. The van der Waals surface area contributed by atoms with Gasteiger partial charge in [-0.05, 0) is 41.2 Å². The molecule has 0 unspecified atom stereocenters. The summed E-state index contributed by atoms with van der Waals surface area (Å²) in [6.45, 7) is 0. The topological polar surface area (TPSA) is 21.4 Å². The Kier molecular flexibility index (Phi) is 4.14. The van der Waals surface area contributed by atoms with Gasteiger partial charge < -0.3 is 0 Å².